The summed E-state index contributed by atoms with van der Waals surface area (Å²) in [6, 6.07) is 3.58. The number of amides is 1. The summed E-state index contributed by atoms with van der Waals surface area (Å²) in [5.41, 5.74) is 7.16. The van der Waals surface area contributed by atoms with Crippen LogP contribution in [0.1, 0.15) is 11.1 Å². The molecule has 3 N–H and O–H groups in total. The van der Waals surface area contributed by atoms with E-state index in [2.05, 4.69) is 10.4 Å². The molecule has 24 heavy (non-hydrogen) atoms. The van der Waals surface area contributed by atoms with Gasteiger partial charge in [0.2, 0.25) is 0 Å². The van der Waals surface area contributed by atoms with Crippen molar-refractivity contribution in [3.8, 4) is 11.5 Å². The number of aryl methyl sites for hydroxylation is 1. The van der Waals surface area contributed by atoms with Gasteiger partial charge in [0, 0.05) is 19.3 Å². The maximum absolute atomic E-state index is 10.8. The fourth-order valence-electron chi connectivity index (χ4n) is 2.17. The van der Waals surface area contributed by atoms with Crippen LogP contribution >= 0.6 is 11.6 Å². The van der Waals surface area contributed by atoms with Crippen LogP contribution in [0, 0.1) is 6.92 Å². The van der Waals surface area contributed by atoms with Crippen LogP contribution in [-0.2, 0) is 17.9 Å². The first-order chi connectivity index (χ1) is 11.5. The van der Waals surface area contributed by atoms with Crippen molar-refractivity contribution in [2.75, 3.05) is 20.3 Å². The van der Waals surface area contributed by atoms with Crippen LogP contribution in [-0.4, -0.2) is 35.9 Å². The van der Waals surface area contributed by atoms with Gasteiger partial charge >= 0.3 is 0 Å². The second-order valence-electron chi connectivity index (χ2n) is 5.32. The predicted molar refractivity (Wildman–Crippen MR) is 91.4 cm³/mol. The van der Waals surface area contributed by atoms with E-state index in [1.165, 1.54) is 7.11 Å². The topological polar surface area (TPSA) is 91.4 Å². The van der Waals surface area contributed by atoms with Gasteiger partial charge in [0.05, 0.1) is 24.9 Å². The number of carbonyl (C=O) groups is 1. The van der Waals surface area contributed by atoms with E-state index >= 15 is 0 Å². The van der Waals surface area contributed by atoms with Gasteiger partial charge in [-0.05, 0) is 30.2 Å². The Balaban J connectivity index is 1.92. The Bertz CT molecular complexity index is 703. The van der Waals surface area contributed by atoms with Gasteiger partial charge in [-0.2, -0.15) is 5.10 Å². The van der Waals surface area contributed by atoms with E-state index in [1.807, 2.05) is 30.1 Å². The van der Waals surface area contributed by atoms with Gasteiger partial charge in [0.25, 0.3) is 5.91 Å². The Hall–Kier alpha value is -2.25. The first-order valence-electron chi connectivity index (χ1n) is 7.47. The Labute approximate surface area is 145 Å². The summed E-state index contributed by atoms with van der Waals surface area (Å²) >= 11 is 6.21. The molecule has 0 bridgehead atoms. The molecule has 0 aliphatic carbocycles. The van der Waals surface area contributed by atoms with Crippen molar-refractivity contribution in [1.82, 2.24) is 15.1 Å². The summed E-state index contributed by atoms with van der Waals surface area (Å²) in [5, 5.41) is 7.92. The molecule has 8 heteroatoms. The quantitative estimate of drug-likeness (QED) is 0.667. The van der Waals surface area contributed by atoms with Crippen molar-refractivity contribution in [2.24, 2.45) is 5.73 Å². The fraction of sp³-hybridized carbons (Fsp3) is 0.375. The number of primary amides is 1. The van der Waals surface area contributed by atoms with Crippen molar-refractivity contribution < 1.29 is 14.3 Å². The zero-order valence-corrected chi connectivity index (χ0v) is 14.5. The van der Waals surface area contributed by atoms with E-state index in [0.717, 1.165) is 24.2 Å². The minimum absolute atomic E-state index is 0.253. The summed E-state index contributed by atoms with van der Waals surface area (Å²) < 4.78 is 12.5. The number of hydrogen-bond donors (Lipinski definition) is 2. The molecule has 130 valence electrons. The number of aromatic nitrogens is 2. The largest absolute Gasteiger partial charge is 0.493 e. The summed E-state index contributed by atoms with van der Waals surface area (Å²) in [6.45, 7) is 3.91. The van der Waals surface area contributed by atoms with Crippen LogP contribution in [0.5, 0.6) is 11.5 Å². The van der Waals surface area contributed by atoms with Crippen LogP contribution in [0.25, 0.3) is 0 Å². The van der Waals surface area contributed by atoms with E-state index in [1.54, 1.807) is 6.07 Å². The van der Waals surface area contributed by atoms with E-state index in [-0.39, 0.29) is 6.61 Å². The van der Waals surface area contributed by atoms with Gasteiger partial charge in [0.15, 0.2) is 18.1 Å². The highest BCUT2D eigenvalue weighted by Gasteiger charge is 2.13. The molecule has 0 aliphatic rings. The molecule has 1 heterocycles. The summed E-state index contributed by atoms with van der Waals surface area (Å²) in [7, 11) is 1.51. The van der Waals surface area contributed by atoms with Gasteiger partial charge in [-0.15, -0.1) is 0 Å². The average molecular weight is 353 g/mol. The molecule has 0 unspecified atom stereocenters. The van der Waals surface area contributed by atoms with E-state index in [4.69, 9.17) is 26.8 Å². The van der Waals surface area contributed by atoms with Crippen molar-refractivity contribution in [2.45, 2.75) is 20.0 Å². The van der Waals surface area contributed by atoms with Gasteiger partial charge in [0.1, 0.15) is 0 Å². The predicted octanol–water partition coefficient (Wildman–Crippen LogP) is 1.51. The van der Waals surface area contributed by atoms with Crippen LogP contribution in [0.2, 0.25) is 5.02 Å². The molecule has 0 saturated carbocycles. The molecule has 0 atom stereocenters. The number of halogens is 1. The Morgan fingerprint density at radius 2 is 2.25 bits per heavy atom. The first kappa shape index (κ1) is 18.1. The lowest BCUT2D eigenvalue weighted by molar-refractivity contribution is -0.119. The summed E-state index contributed by atoms with van der Waals surface area (Å²) in [5.74, 6) is 0.199. The zero-order valence-electron chi connectivity index (χ0n) is 13.7. The summed E-state index contributed by atoms with van der Waals surface area (Å²) in [4.78, 5) is 10.8. The fourth-order valence-corrected chi connectivity index (χ4v) is 2.46. The maximum atomic E-state index is 10.8. The molecule has 0 spiro atoms. The Morgan fingerprint density at radius 3 is 2.88 bits per heavy atom. The van der Waals surface area contributed by atoms with Crippen molar-refractivity contribution >= 4 is 17.5 Å². The number of carbonyl (C=O) groups excluding carboxylic acids is 1. The lowest BCUT2D eigenvalue weighted by atomic mass is 10.2. The monoisotopic (exact) mass is 352 g/mol. The smallest absolute Gasteiger partial charge is 0.255 e. The van der Waals surface area contributed by atoms with Gasteiger partial charge in [-0.25, -0.2) is 0 Å². The molecule has 1 amide bonds. The molecule has 7 nitrogen and oxygen atoms in total. The van der Waals surface area contributed by atoms with E-state index in [9.17, 15) is 4.79 Å². The van der Waals surface area contributed by atoms with Crippen molar-refractivity contribution in [3.05, 3.63) is 40.7 Å². The molecule has 0 saturated heterocycles. The lowest BCUT2D eigenvalue weighted by Crippen LogP contribution is -2.21. The molecule has 0 fully saturated rings. The number of nitrogens with two attached hydrogens (primary N) is 1. The van der Waals surface area contributed by atoms with Crippen LogP contribution in [0.15, 0.2) is 24.5 Å². The SMILES string of the molecule is COc1cc(CNCCn2cc(C)cn2)cc(Cl)c1OCC(N)=O. The third kappa shape index (κ3) is 5.14. The van der Waals surface area contributed by atoms with E-state index < -0.39 is 5.91 Å². The normalized spacial score (nSPS) is 10.6. The highest BCUT2D eigenvalue weighted by Crippen LogP contribution is 2.36. The molecule has 1 aromatic carbocycles. The maximum Gasteiger partial charge on any atom is 0.255 e. The highest BCUT2D eigenvalue weighted by molar-refractivity contribution is 6.32. The number of benzene rings is 1. The lowest BCUT2D eigenvalue weighted by Gasteiger charge is -2.13. The van der Waals surface area contributed by atoms with Crippen LogP contribution < -0.4 is 20.5 Å². The first-order valence-corrected chi connectivity index (χ1v) is 7.84. The minimum Gasteiger partial charge on any atom is -0.493 e. The highest BCUT2D eigenvalue weighted by atomic mass is 35.5. The molecule has 2 aromatic rings. The van der Waals surface area contributed by atoms with Gasteiger partial charge in [-0.1, -0.05) is 11.6 Å². The number of methoxy groups -OCH3 is 1. The minimum atomic E-state index is -0.576. The second kappa shape index (κ2) is 8.56. The third-order valence-electron chi connectivity index (χ3n) is 3.26. The Morgan fingerprint density at radius 1 is 1.46 bits per heavy atom. The van der Waals surface area contributed by atoms with Crippen LogP contribution in [0.3, 0.4) is 0 Å². The number of hydrogen-bond acceptors (Lipinski definition) is 5. The number of nitrogens with one attached hydrogen (secondary N) is 1. The molecule has 0 aliphatic heterocycles. The molecular formula is C16H21ClN4O3. The average Bonchev–Trinajstić information content (AvgIpc) is 2.95. The summed E-state index contributed by atoms with van der Waals surface area (Å²) in [6.07, 6.45) is 3.82. The van der Waals surface area contributed by atoms with E-state index in [0.29, 0.717) is 23.1 Å². The second-order valence-corrected chi connectivity index (χ2v) is 5.73. The number of nitrogens with zero attached hydrogens (tertiary/aromatic N) is 2. The van der Waals surface area contributed by atoms with Crippen molar-refractivity contribution in [1.29, 1.82) is 0 Å². The Kier molecular flexibility index (Phi) is 6.45. The molecular weight excluding hydrogens is 332 g/mol. The standard InChI is InChI=1S/C16H21ClN4O3/c1-11-7-20-21(9-11)4-3-19-8-12-5-13(17)16(14(6-12)23-2)24-10-15(18)22/h5-7,9,19H,3-4,8,10H2,1-2H3,(H2,18,22). The molecule has 0 radical (unpaired) electrons. The third-order valence-corrected chi connectivity index (χ3v) is 3.54. The zero-order chi connectivity index (χ0) is 17.5. The van der Waals surface area contributed by atoms with Crippen LogP contribution in [0.4, 0.5) is 0 Å². The van der Waals surface area contributed by atoms with Crippen molar-refractivity contribution in [3.63, 3.8) is 0 Å². The molecule has 2 rings (SSSR count). The number of rotatable bonds is 9. The number of ether oxygens (including phenoxy) is 2. The molecule has 1 aromatic heterocycles. The van der Waals surface area contributed by atoms with Gasteiger partial charge < -0.3 is 20.5 Å². The van der Waals surface area contributed by atoms with Gasteiger partial charge in [-0.3, -0.25) is 9.48 Å².